The third-order valence-corrected chi connectivity index (χ3v) is 4.49. The number of nitrogens with one attached hydrogen (secondary N) is 2. The molecule has 0 bridgehead atoms. The number of benzene rings is 1. The highest BCUT2D eigenvalue weighted by Gasteiger charge is 2.22. The monoisotopic (exact) mass is 287 g/mol. The van der Waals surface area contributed by atoms with Crippen LogP contribution in [0.1, 0.15) is 44.6 Å². The fraction of sp³-hybridized carbons (Fsp3) is 0.588. The first-order chi connectivity index (χ1) is 10.3. The maximum atomic E-state index is 6.25. The second kappa shape index (κ2) is 6.48. The van der Waals surface area contributed by atoms with Crippen LogP contribution in [-0.2, 0) is 0 Å². The number of H-pyrrole nitrogens is 1. The summed E-state index contributed by atoms with van der Waals surface area (Å²) in [6.45, 7) is 5.46. The number of aromatic amines is 1. The number of hydrogen-bond donors (Lipinski definition) is 2. The fourth-order valence-corrected chi connectivity index (χ4v) is 3.18. The van der Waals surface area contributed by atoms with Gasteiger partial charge in [0.1, 0.15) is 5.75 Å². The van der Waals surface area contributed by atoms with Crippen LogP contribution in [0.4, 0.5) is 0 Å². The van der Waals surface area contributed by atoms with Crippen molar-refractivity contribution in [3.8, 4) is 5.75 Å². The lowest BCUT2D eigenvalue weighted by molar-refractivity contribution is 0.139. The molecule has 2 N–H and O–H groups in total. The molecule has 4 nitrogen and oxygen atoms in total. The third-order valence-electron chi connectivity index (χ3n) is 4.49. The molecule has 0 radical (unpaired) electrons. The lowest BCUT2D eigenvalue weighted by atomic mass is 9.93. The molecular formula is C17H25N3O. The van der Waals surface area contributed by atoms with Crippen molar-refractivity contribution in [1.82, 2.24) is 15.5 Å². The van der Waals surface area contributed by atoms with Crippen LogP contribution in [0.25, 0.3) is 10.9 Å². The van der Waals surface area contributed by atoms with Crippen LogP contribution in [0, 0.1) is 6.92 Å². The Morgan fingerprint density at radius 3 is 2.86 bits per heavy atom. The molecule has 1 fully saturated rings. The molecule has 0 saturated heterocycles. The average Bonchev–Trinajstić information content (AvgIpc) is 2.99. The number of ether oxygens (including phenoxy) is 1. The van der Waals surface area contributed by atoms with Gasteiger partial charge in [0.15, 0.2) is 0 Å². The normalized spacial score (nSPS) is 22.6. The Labute approximate surface area is 126 Å². The molecule has 3 rings (SSSR count). The summed E-state index contributed by atoms with van der Waals surface area (Å²) in [6, 6.07) is 4.80. The van der Waals surface area contributed by atoms with E-state index in [1.165, 1.54) is 24.8 Å². The maximum absolute atomic E-state index is 6.25. The molecule has 1 aliphatic rings. The van der Waals surface area contributed by atoms with Gasteiger partial charge in [-0.15, -0.1) is 0 Å². The molecule has 0 atom stereocenters. The minimum Gasteiger partial charge on any atom is -0.490 e. The highest BCUT2D eigenvalue weighted by molar-refractivity contribution is 5.83. The quantitative estimate of drug-likeness (QED) is 0.884. The molecule has 114 valence electrons. The van der Waals surface area contributed by atoms with Crippen LogP contribution >= 0.6 is 0 Å². The average molecular weight is 287 g/mol. The molecule has 1 heterocycles. The van der Waals surface area contributed by atoms with E-state index in [9.17, 15) is 0 Å². The highest BCUT2D eigenvalue weighted by atomic mass is 16.5. The molecule has 0 unspecified atom stereocenters. The Hall–Kier alpha value is -1.55. The molecule has 0 aliphatic heterocycles. The molecule has 2 aromatic rings. The Morgan fingerprint density at radius 2 is 2.10 bits per heavy atom. The van der Waals surface area contributed by atoms with E-state index >= 15 is 0 Å². The number of aryl methyl sites for hydroxylation is 1. The Morgan fingerprint density at radius 1 is 1.29 bits per heavy atom. The predicted molar refractivity (Wildman–Crippen MR) is 85.8 cm³/mol. The van der Waals surface area contributed by atoms with Crippen LogP contribution < -0.4 is 10.1 Å². The highest BCUT2D eigenvalue weighted by Crippen LogP contribution is 2.29. The predicted octanol–water partition coefficient (Wildman–Crippen LogP) is 3.56. The zero-order valence-corrected chi connectivity index (χ0v) is 13.0. The van der Waals surface area contributed by atoms with E-state index in [0.717, 1.165) is 36.0 Å². The van der Waals surface area contributed by atoms with Crippen molar-refractivity contribution in [2.75, 3.05) is 6.54 Å². The van der Waals surface area contributed by atoms with Crippen LogP contribution in [0.5, 0.6) is 5.75 Å². The molecule has 0 spiro atoms. The SMILES string of the molecule is CCCNC1CCC(Oc2ccc3[nH]ncc3c2C)CC1. The Balaban J connectivity index is 1.60. The summed E-state index contributed by atoms with van der Waals surface area (Å²) in [7, 11) is 0. The standard InChI is InChI=1S/C17H25N3O/c1-3-10-18-13-4-6-14(7-5-13)21-17-9-8-16-15(12(17)2)11-19-20-16/h8-9,11,13-14,18H,3-7,10H2,1-2H3,(H,19,20). The summed E-state index contributed by atoms with van der Waals surface area (Å²) in [5.74, 6) is 1.01. The van der Waals surface area contributed by atoms with Crippen molar-refractivity contribution in [2.45, 2.75) is 58.1 Å². The van der Waals surface area contributed by atoms with E-state index in [1.54, 1.807) is 0 Å². The van der Waals surface area contributed by atoms with Gasteiger partial charge in [0, 0.05) is 17.0 Å². The van der Waals surface area contributed by atoms with Crippen molar-refractivity contribution >= 4 is 10.9 Å². The van der Waals surface area contributed by atoms with Gasteiger partial charge in [-0.05, 0) is 57.7 Å². The van der Waals surface area contributed by atoms with Crippen molar-refractivity contribution in [3.63, 3.8) is 0 Å². The lowest BCUT2D eigenvalue weighted by Gasteiger charge is -2.30. The number of hydrogen-bond acceptors (Lipinski definition) is 3. The van der Waals surface area contributed by atoms with Crippen LogP contribution in [0.3, 0.4) is 0 Å². The van der Waals surface area contributed by atoms with Crippen LogP contribution in [0.2, 0.25) is 0 Å². The van der Waals surface area contributed by atoms with Gasteiger partial charge in [-0.3, -0.25) is 5.10 Å². The number of nitrogens with zero attached hydrogens (tertiary/aromatic N) is 1. The summed E-state index contributed by atoms with van der Waals surface area (Å²) in [5.41, 5.74) is 2.26. The maximum Gasteiger partial charge on any atom is 0.123 e. The molecule has 1 aromatic carbocycles. The zero-order chi connectivity index (χ0) is 14.7. The van der Waals surface area contributed by atoms with Gasteiger partial charge < -0.3 is 10.1 Å². The van der Waals surface area contributed by atoms with Gasteiger partial charge in [-0.1, -0.05) is 6.92 Å². The zero-order valence-electron chi connectivity index (χ0n) is 13.0. The molecule has 1 saturated carbocycles. The first kappa shape index (κ1) is 14.4. The molecule has 0 amide bonds. The fourth-order valence-electron chi connectivity index (χ4n) is 3.18. The van der Waals surface area contributed by atoms with Crippen LogP contribution in [0.15, 0.2) is 18.3 Å². The second-order valence-electron chi connectivity index (χ2n) is 6.07. The minimum atomic E-state index is 0.354. The largest absolute Gasteiger partial charge is 0.490 e. The van der Waals surface area contributed by atoms with Gasteiger partial charge in [-0.2, -0.15) is 5.10 Å². The van der Waals surface area contributed by atoms with Gasteiger partial charge in [0.25, 0.3) is 0 Å². The summed E-state index contributed by atoms with van der Waals surface area (Å²) in [6.07, 6.45) is 8.17. The van der Waals surface area contributed by atoms with Crippen LogP contribution in [-0.4, -0.2) is 28.9 Å². The van der Waals surface area contributed by atoms with Gasteiger partial charge in [0.05, 0.1) is 17.8 Å². The summed E-state index contributed by atoms with van der Waals surface area (Å²) >= 11 is 0. The van der Waals surface area contributed by atoms with E-state index < -0.39 is 0 Å². The Kier molecular flexibility index (Phi) is 4.44. The molecule has 4 heteroatoms. The van der Waals surface area contributed by atoms with E-state index in [1.807, 2.05) is 6.20 Å². The van der Waals surface area contributed by atoms with E-state index in [2.05, 4.69) is 41.5 Å². The molecular weight excluding hydrogens is 262 g/mol. The lowest BCUT2D eigenvalue weighted by Crippen LogP contribution is -2.36. The first-order valence-electron chi connectivity index (χ1n) is 8.10. The number of rotatable bonds is 5. The van der Waals surface area contributed by atoms with E-state index in [-0.39, 0.29) is 0 Å². The topological polar surface area (TPSA) is 49.9 Å². The third kappa shape index (κ3) is 3.21. The number of aromatic nitrogens is 2. The van der Waals surface area contributed by atoms with E-state index in [0.29, 0.717) is 12.1 Å². The Bertz CT molecular complexity index is 585. The minimum absolute atomic E-state index is 0.354. The van der Waals surface area contributed by atoms with Gasteiger partial charge in [0.2, 0.25) is 0 Å². The number of fused-ring (bicyclic) bond motifs is 1. The molecule has 21 heavy (non-hydrogen) atoms. The van der Waals surface area contributed by atoms with E-state index in [4.69, 9.17) is 4.74 Å². The summed E-state index contributed by atoms with van der Waals surface area (Å²) in [5, 5.41) is 11.9. The smallest absolute Gasteiger partial charge is 0.123 e. The molecule has 1 aromatic heterocycles. The van der Waals surface area contributed by atoms with Crippen molar-refractivity contribution in [3.05, 3.63) is 23.9 Å². The molecule has 1 aliphatic carbocycles. The first-order valence-corrected chi connectivity index (χ1v) is 8.10. The van der Waals surface area contributed by atoms with Crippen molar-refractivity contribution < 1.29 is 4.74 Å². The van der Waals surface area contributed by atoms with Gasteiger partial charge >= 0.3 is 0 Å². The van der Waals surface area contributed by atoms with Crippen molar-refractivity contribution in [1.29, 1.82) is 0 Å². The van der Waals surface area contributed by atoms with Gasteiger partial charge in [-0.25, -0.2) is 0 Å². The van der Waals surface area contributed by atoms with Crippen molar-refractivity contribution in [2.24, 2.45) is 0 Å². The second-order valence-corrected chi connectivity index (χ2v) is 6.07. The summed E-state index contributed by atoms with van der Waals surface area (Å²) in [4.78, 5) is 0. The summed E-state index contributed by atoms with van der Waals surface area (Å²) < 4.78 is 6.25.